The van der Waals surface area contributed by atoms with Gasteiger partial charge in [0, 0.05) is 15.7 Å². The van der Waals surface area contributed by atoms with E-state index in [1.165, 1.54) is 30.8 Å². The lowest BCUT2D eigenvalue weighted by Gasteiger charge is -2.14. The van der Waals surface area contributed by atoms with E-state index in [4.69, 9.17) is 16.3 Å². The number of thiophene rings is 1. The molecule has 0 unspecified atom stereocenters. The van der Waals surface area contributed by atoms with E-state index in [-0.39, 0.29) is 16.5 Å². The van der Waals surface area contributed by atoms with Crippen LogP contribution in [0, 0.1) is 5.82 Å². The van der Waals surface area contributed by atoms with Crippen molar-refractivity contribution in [2.45, 2.75) is 18.8 Å². The van der Waals surface area contributed by atoms with Crippen molar-refractivity contribution in [3.63, 3.8) is 0 Å². The molecule has 4 nitrogen and oxygen atoms in total. The van der Waals surface area contributed by atoms with Gasteiger partial charge in [0.15, 0.2) is 6.10 Å². The number of halogens is 2. The van der Waals surface area contributed by atoms with Gasteiger partial charge < -0.3 is 10.1 Å². The number of benzene rings is 1. The van der Waals surface area contributed by atoms with E-state index >= 15 is 0 Å². The molecule has 1 atom stereocenters. The predicted molar refractivity (Wildman–Crippen MR) is 96.1 cm³/mol. The van der Waals surface area contributed by atoms with Crippen LogP contribution >= 0.6 is 34.7 Å². The fraction of sp³-hybridized carbons (Fsp3) is 0.250. The molecule has 1 aromatic heterocycles. The Morgan fingerprint density at radius 3 is 2.88 bits per heavy atom. The van der Waals surface area contributed by atoms with Gasteiger partial charge in [0.25, 0.3) is 5.91 Å². The number of amides is 1. The summed E-state index contributed by atoms with van der Waals surface area (Å²) in [4.78, 5) is 24.9. The van der Waals surface area contributed by atoms with E-state index in [1.807, 2.05) is 17.5 Å². The fourth-order valence-corrected chi connectivity index (χ4v) is 3.54. The van der Waals surface area contributed by atoms with Gasteiger partial charge in [-0.05, 0) is 36.6 Å². The topological polar surface area (TPSA) is 55.4 Å². The van der Waals surface area contributed by atoms with E-state index < -0.39 is 23.8 Å². The first kappa shape index (κ1) is 18.8. The van der Waals surface area contributed by atoms with Gasteiger partial charge in [-0.3, -0.25) is 9.59 Å². The Labute approximate surface area is 152 Å². The highest BCUT2D eigenvalue weighted by Gasteiger charge is 2.19. The summed E-state index contributed by atoms with van der Waals surface area (Å²) >= 11 is 8.67. The fourth-order valence-electron chi connectivity index (χ4n) is 1.74. The van der Waals surface area contributed by atoms with Gasteiger partial charge in [-0.2, -0.15) is 0 Å². The van der Waals surface area contributed by atoms with Crippen LogP contribution < -0.4 is 5.32 Å². The van der Waals surface area contributed by atoms with Crippen molar-refractivity contribution < 1.29 is 18.7 Å². The summed E-state index contributed by atoms with van der Waals surface area (Å²) in [7, 11) is 0. The van der Waals surface area contributed by atoms with E-state index in [0.717, 1.165) is 10.9 Å². The maximum Gasteiger partial charge on any atom is 0.316 e. The molecule has 0 radical (unpaired) electrons. The monoisotopic (exact) mass is 387 g/mol. The minimum atomic E-state index is -1.02. The molecule has 0 aliphatic rings. The van der Waals surface area contributed by atoms with Crippen LogP contribution in [0.25, 0.3) is 0 Å². The minimum absolute atomic E-state index is 0.0145. The van der Waals surface area contributed by atoms with Crippen molar-refractivity contribution in [3.8, 4) is 0 Å². The molecule has 8 heteroatoms. The zero-order chi connectivity index (χ0) is 17.5. The van der Waals surface area contributed by atoms with E-state index in [1.54, 1.807) is 11.3 Å². The van der Waals surface area contributed by atoms with Crippen molar-refractivity contribution >= 4 is 52.3 Å². The Morgan fingerprint density at radius 2 is 2.21 bits per heavy atom. The highest BCUT2D eigenvalue weighted by molar-refractivity contribution is 7.99. The van der Waals surface area contributed by atoms with E-state index in [2.05, 4.69) is 5.32 Å². The molecule has 0 aliphatic heterocycles. The van der Waals surface area contributed by atoms with Gasteiger partial charge in [-0.15, -0.1) is 23.1 Å². The predicted octanol–water partition coefficient (Wildman–Crippen LogP) is 4.34. The van der Waals surface area contributed by atoms with Crippen molar-refractivity contribution in [2.24, 2.45) is 0 Å². The second-order valence-electron chi connectivity index (χ2n) is 4.82. The number of rotatable bonds is 7. The molecule has 128 valence electrons. The zero-order valence-corrected chi connectivity index (χ0v) is 15.1. The van der Waals surface area contributed by atoms with Crippen LogP contribution in [0.1, 0.15) is 11.8 Å². The summed E-state index contributed by atoms with van der Waals surface area (Å²) in [6.45, 7) is 1.44. The molecule has 2 rings (SSSR count). The molecule has 0 aliphatic carbocycles. The van der Waals surface area contributed by atoms with Gasteiger partial charge in [-0.25, -0.2) is 4.39 Å². The first-order valence-corrected chi connectivity index (χ1v) is 9.42. The Balaban J connectivity index is 1.76. The third-order valence-electron chi connectivity index (χ3n) is 2.91. The summed E-state index contributed by atoms with van der Waals surface area (Å²) in [6.07, 6.45) is -1.02. The summed E-state index contributed by atoms with van der Waals surface area (Å²) < 4.78 is 18.7. The average molecular weight is 388 g/mol. The number of hydrogen-bond acceptors (Lipinski definition) is 5. The molecule has 1 heterocycles. The molecule has 0 fully saturated rings. The summed E-state index contributed by atoms with van der Waals surface area (Å²) in [5, 5.41) is 4.56. The molecular formula is C16H15ClFNO3S2. The summed E-state index contributed by atoms with van der Waals surface area (Å²) in [5.41, 5.74) is -0.0145. The van der Waals surface area contributed by atoms with Crippen LogP contribution in [0.4, 0.5) is 10.1 Å². The first-order chi connectivity index (χ1) is 11.5. The SMILES string of the molecule is C[C@H](OC(=O)CSCc1cccs1)C(=O)Nc1ccc(Cl)cc1F. The minimum Gasteiger partial charge on any atom is -0.452 e. The van der Waals surface area contributed by atoms with Crippen LogP contribution in [0.15, 0.2) is 35.7 Å². The molecule has 24 heavy (non-hydrogen) atoms. The van der Waals surface area contributed by atoms with E-state index in [0.29, 0.717) is 5.75 Å². The Morgan fingerprint density at radius 1 is 1.42 bits per heavy atom. The molecule has 0 spiro atoms. The Bertz CT molecular complexity index is 709. The lowest BCUT2D eigenvalue weighted by atomic mass is 10.3. The van der Waals surface area contributed by atoms with Gasteiger partial charge >= 0.3 is 5.97 Å². The highest BCUT2D eigenvalue weighted by atomic mass is 35.5. The summed E-state index contributed by atoms with van der Waals surface area (Å²) in [6, 6.07) is 7.83. The van der Waals surface area contributed by atoms with Crippen LogP contribution in [-0.2, 0) is 20.1 Å². The number of carbonyl (C=O) groups excluding carboxylic acids is 2. The van der Waals surface area contributed by atoms with Crippen molar-refractivity contribution in [1.82, 2.24) is 0 Å². The number of esters is 1. The Hall–Kier alpha value is -1.57. The van der Waals surface area contributed by atoms with Gasteiger partial charge in [-0.1, -0.05) is 17.7 Å². The molecule has 1 N–H and O–H groups in total. The number of ether oxygens (including phenoxy) is 1. The third kappa shape index (κ3) is 5.81. The summed E-state index contributed by atoms with van der Waals surface area (Å²) in [5.74, 6) is -0.891. The first-order valence-electron chi connectivity index (χ1n) is 7.01. The van der Waals surface area contributed by atoms with Crippen LogP contribution in [0.3, 0.4) is 0 Å². The number of thioether (sulfide) groups is 1. The van der Waals surface area contributed by atoms with Gasteiger partial charge in [0.2, 0.25) is 0 Å². The number of nitrogens with one attached hydrogen (secondary N) is 1. The third-order valence-corrected chi connectivity index (χ3v) is 5.16. The number of anilines is 1. The van der Waals surface area contributed by atoms with Crippen molar-refractivity contribution in [1.29, 1.82) is 0 Å². The molecule has 0 bridgehead atoms. The van der Waals surface area contributed by atoms with Gasteiger partial charge in [0.05, 0.1) is 11.4 Å². The lowest BCUT2D eigenvalue weighted by molar-refractivity contribution is -0.150. The molecule has 0 saturated heterocycles. The quantitative estimate of drug-likeness (QED) is 0.718. The average Bonchev–Trinajstić information content (AvgIpc) is 3.03. The number of hydrogen-bond donors (Lipinski definition) is 1. The van der Waals surface area contributed by atoms with Gasteiger partial charge in [0.1, 0.15) is 5.82 Å². The zero-order valence-electron chi connectivity index (χ0n) is 12.8. The number of carbonyl (C=O) groups is 2. The molecule has 1 aromatic carbocycles. The van der Waals surface area contributed by atoms with Crippen LogP contribution in [0.2, 0.25) is 5.02 Å². The lowest BCUT2D eigenvalue weighted by Crippen LogP contribution is -2.30. The maximum absolute atomic E-state index is 13.6. The second kappa shape index (κ2) is 9.05. The van der Waals surface area contributed by atoms with E-state index in [9.17, 15) is 14.0 Å². The van der Waals surface area contributed by atoms with Crippen LogP contribution in [0.5, 0.6) is 0 Å². The molecule has 0 saturated carbocycles. The van der Waals surface area contributed by atoms with Crippen molar-refractivity contribution in [3.05, 3.63) is 51.4 Å². The second-order valence-corrected chi connectivity index (χ2v) is 7.27. The highest BCUT2D eigenvalue weighted by Crippen LogP contribution is 2.20. The van der Waals surface area contributed by atoms with Crippen LogP contribution in [-0.4, -0.2) is 23.7 Å². The molecular weight excluding hydrogens is 373 g/mol. The van der Waals surface area contributed by atoms with Crippen molar-refractivity contribution in [2.75, 3.05) is 11.1 Å². The molecule has 2 aromatic rings. The normalized spacial score (nSPS) is 11.8. The largest absolute Gasteiger partial charge is 0.452 e. The standard InChI is InChI=1S/C16H15ClFNO3S2/c1-10(16(21)19-14-5-4-11(17)7-13(14)18)22-15(20)9-23-8-12-3-2-6-24-12/h2-7,10H,8-9H2,1H3,(H,19,21)/t10-/m0/s1. The Kier molecular flexibility index (Phi) is 7.08. The maximum atomic E-state index is 13.6. The molecule has 1 amide bonds. The smallest absolute Gasteiger partial charge is 0.316 e.